The van der Waals surface area contributed by atoms with E-state index in [2.05, 4.69) is 5.32 Å². The number of aliphatic hydroxyl groups is 1. The summed E-state index contributed by atoms with van der Waals surface area (Å²) in [4.78, 5) is 26.1. The van der Waals surface area contributed by atoms with Crippen molar-refractivity contribution in [3.8, 4) is 0 Å². The van der Waals surface area contributed by atoms with Crippen molar-refractivity contribution in [2.45, 2.75) is 31.7 Å². The fourth-order valence-electron chi connectivity index (χ4n) is 2.43. The van der Waals surface area contributed by atoms with Crippen molar-refractivity contribution in [1.82, 2.24) is 10.2 Å². The molecule has 6 heteroatoms. The lowest BCUT2D eigenvalue weighted by Gasteiger charge is -2.22. The Morgan fingerprint density at radius 3 is 3.05 bits per heavy atom. The van der Waals surface area contributed by atoms with Gasteiger partial charge in [0.1, 0.15) is 0 Å². The second-order valence-corrected chi connectivity index (χ2v) is 5.85. The number of nitrogens with one attached hydrogen (secondary N) is 1. The van der Waals surface area contributed by atoms with E-state index in [0.29, 0.717) is 24.3 Å². The molecule has 2 rings (SSSR count). The zero-order valence-electron chi connectivity index (χ0n) is 11.4. The molecule has 20 heavy (non-hydrogen) atoms. The van der Waals surface area contributed by atoms with Gasteiger partial charge in [-0.3, -0.25) is 9.59 Å². The normalized spacial score (nSPS) is 18.2. The predicted molar refractivity (Wildman–Crippen MR) is 77.7 cm³/mol. The minimum absolute atomic E-state index is 0.0109. The summed E-state index contributed by atoms with van der Waals surface area (Å²) in [6.07, 6.45) is 2.90. The van der Waals surface area contributed by atoms with Crippen molar-refractivity contribution in [1.29, 1.82) is 0 Å². The smallest absolute Gasteiger partial charge is 0.261 e. The van der Waals surface area contributed by atoms with Crippen LogP contribution < -0.4 is 5.32 Å². The third-order valence-corrected chi connectivity index (χ3v) is 4.37. The van der Waals surface area contributed by atoms with Crippen molar-refractivity contribution in [3.63, 3.8) is 0 Å². The summed E-state index contributed by atoms with van der Waals surface area (Å²) in [5, 5.41) is 13.9. The zero-order valence-corrected chi connectivity index (χ0v) is 12.2. The molecule has 1 aromatic rings. The Morgan fingerprint density at radius 1 is 1.50 bits per heavy atom. The van der Waals surface area contributed by atoms with Gasteiger partial charge < -0.3 is 15.3 Å². The average molecular weight is 296 g/mol. The van der Waals surface area contributed by atoms with Crippen molar-refractivity contribution in [2.75, 3.05) is 19.7 Å². The van der Waals surface area contributed by atoms with E-state index in [4.69, 9.17) is 0 Å². The summed E-state index contributed by atoms with van der Waals surface area (Å²) >= 11 is 1.40. The maximum atomic E-state index is 12.0. The Hall–Kier alpha value is -1.40. The molecule has 2 N–H and O–H groups in total. The van der Waals surface area contributed by atoms with Gasteiger partial charge in [-0.1, -0.05) is 6.07 Å². The van der Waals surface area contributed by atoms with Crippen LogP contribution in [0.15, 0.2) is 17.5 Å². The minimum Gasteiger partial charge on any atom is -0.394 e. The summed E-state index contributed by atoms with van der Waals surface area (Å²) in [7, 11) is 0. The van der Waals surface area contributed by atoms with E-state index in [1.807, 2.05) is 11.4 Å². The molecule has 1 aliphatic rings. The van der Waals surface area contributed by atoms with Crippen LogP contribution in [0.3, 0.4) is 0 Å². The molecule has 0 spiro atoms. The van der Waals surface area contributed by atoms with E-state index in [1.54, 1.807) is 11.0 Å². The second-order valence-electron chi connectivity index (χ2n) is 4.90. The molecular formula is C14H20N2O3S. The fraction of sp³-hybridized carbons (Fsp3) is 0.571. The first-order valence-corrected chi connectivity index (χ1v) is 7.82. The van der Waals surface area contributed by atoms with Gasteiger partial charge in [0, 0.05) is 19.5 Å². The van der Waals surface area contributed by atoms with E-state index in [0.717, 1.165) is 19.4 Å². The van der Waals surface area contributed by atoms with Gasteiger partial charge in [0.05, 0.1) is 17.5 Å². The van der Waals surface area contributed by atoms with Crippen LogP contribution in [0.1, 0.15) is 35.4 Å². The Labute approximate surface area is 122 Å². The molecule has 0 aromatic carbocycles. The fourth-order valence-corrected chi connectivity index (χ4v) is 3.07. The maximum absolute atomic E-state index is 12.0. The number of nitrogens with zero attached hydrogens (tertiary/aromatic N) is 1. The van der Waals surface area contributed by atoms with Crippen LogP contribution in [0, 0.1) is 0 Å². The third kappa shape index (κ3) is 3.80. The van der Waals surface area contributed by atoms with Gasteiger partial charge in [-0.15, -0.1) is 11.3 Å². The summed E-state index contributed by atoms with van der Waals surface area (Å²) < 4.78 is 0. The van der Waals surface area contributed by atoms with Gasteiger partial charge in [0.25, 0.3) is 5.91 Å². The van der Waals surface area contributed by atoms with Crippen LogP contribution in [0.2, 0.25) is 0 Å². The van der Waals surface area contributed by atoms with Crippen LogP contribution in [-0.4, -0.2) is 47.6 Å². The lowest BCUT2D eigenvalue weighted by molar-refractivity contribution is -0.132. The van der Waals surface area contributed by atoms with Crippen LogP contribution in [0.4, 0.5) is 0 Å². The lowest BCUT2D eigenvalue weighted by Crippen LogP contribution is -2.37. The lowest BCUT2D eigenvalue weighted by atomic mass is 10.2. The van der Waals surface area contributed by atoms with Gasteiger partial charge in [-0.2, -0.15) is 0 Å². The number of aliphatic hydroxyl groups excluding tert-OH is 1. The first-order valence-electron chi connectivity index (χ1n) is 6.94. The van der Waals surface area contributed by atoms with Crippen molar-refractivity contribution in [3.05, 3.63) is 22.4 Å². The molecule has 0 radical (unpaired) electrons. The number of hydrogen-bond acceptors (Lipinski definition) is 4. The second kappa shape index (κ2) is 7.40. The van der Waals surface area contributed by atoms with Crippen LogP contribution >= 0.6 is 11.3 Å². The summed E-state index contributed by atoms with van der Waals surface area (Å²) in [5.74, 6) is -0.00576. The zero-order chi connectivity index (χ0) is 14.4. The highest BCUT2D eigenvalue weighted by Crippen LogP contribution is 2.18. The molecule has 1 fully saturated rings. The molecule has 1 saturated heterocycles. The molecule has 1 atom stereocenters. The molecule has 1 aromatic heterocycles. The maximum Gasteiger partial charge on any atom is 0.261 e. The van der Waals surface area contributed by atoms with Crippen LogP contribution in [-0.2, 0) is 4.79 Å². The Balaban J connectivity index is 1.66. The predicted octanol–water partition coefficient (Wildman–Crippen LogP) is 1.24. The van der Waals surface area contributed by atoms with Gasteiger partial charge >= 0.3 is 0 Å². The number of carbonyl (C=O) groups is 2. The molecule has 1 unspecified atom stereocenters. The van der Waals surface area contributed by atoms with Crippen LogP contribution in [0.5, 0.6) is 0 Å². The number of rotatable bonds is 6. The highest BCUT2D eigenvalue weighted by atomic mass is 32.1. The van der Waals surface area contributed by atoms with E-state index < -0.39 is 0 Å². The molecule has 1 aliphatic heterocycles. The molecular weight excluding hydrogens is 276 g/mol. The molecule has 2 amide bonds. The Kier molecular flexibility index (Phi) is 5.55. The minimum atomic E-state index is -0.0816. The van der Waals surface area contributed by atoms with Gasteiger partial charge in [0.2, 0.25) is 5.91 Å². The first-order chi connectivity index (χ1) is 9.72. The number of hydrogen-bond donors (Lipinski definition) is 2. The SMILES string of the molecule is O=C(NCCCC(=O)N1CCCC1CO)c1cccs1. The number of amides is 2. The van der Waals surface area contributed by atoms with E-state index >= 15 is 0 Å². The van der Waals surface area contributed by atoms with E-state index in [1.165, 1.54) is 11.3 Å². The Morgan fingerprint density at radius 2 is 2.35 bits per heavy atom. The first kappa shape index (κ1) is 15.0. The van der Waals surface area contributed by atoms with Crippen molar-refractivity contribution >= 4 is 23.2 Å². The molecule has 2 heterocycles. The summed E-state index contributed by atoms with van der Waals surface area (Å²) in [6.45, 7) is 1.28. The van der Waals surface area contributed by atoms with Gasteiger partial charge in [-0.05, 0) is 30.7 Å². The van der Waals surface area contributed by atoms with E-state index in [-0.39, 0.29) is 24.5 Å². The van der Waals surface area contributed by atoms with Crippen LogP contribution in [0.25, 0.3) is 0 Å². The monoisotopic (exact) mass is 296 g/mol. The largest absolute Gasteiger partial charge is 0.394 e. The standard InChI is InChI=1S/C14H20N2O3S/c17-10-11-4-2-8-16(11)13(18)6-1-7-15-14(19)12-5-3-9-20-12/h3,5,9,11,17H,1-2,4,6-8,10H2,(H,15,19). The van der Waals surface area contributed by atoms with E-state index in [9.17, 15) is 14.7 Å². The van der Waals surface area contributed by atoms with Gasteiger partial charge in [-0.25, -0.2) is 0 Å². The third-order valence-electron chi connectivity index (χ3n) is 3.51. The van der Waals surface area contributed by atoms with Crippen molar-refractivity contribution in [2.24, 2.45) is 0 Å². The molecule has 0 bridgehead atoms. The highest BCUT2D eigenvalue weighted by molar-refractivity contribution is 7.12. The summed E-state index contributed by atoms with van der Waals surface area (Å²) in [5.41, 5.74) is 0. The molecule has 0 saturated carbocycles. The number of thiophene rings is 1. The molecule has 5 nitrogen and oxygen atoms in total. The summed E-state index contributed by atoms with van der Waals surface area (Å²) in [6, 6.07) is 3.61. The topological polar surface area (TPSA) is 69.6 Å². The van der Waals surface area contributed by atoms with Gasteiger partial charge in [0.15, 0.2) is 0 Å². The molecule has 0 aliphatic carbocycles. The number of carbonyl (C=O) groups excluding carboxylic acids is 2. The quantitative estimate of drug-likeness (QED) is 0.776. The number of likely N-dealkylation sites (tertiary alicyclic amines) is 1. The average Bonchev–Trinajstić information content (AvgIpc) is 3.12. The highest BCUT2D eigenvalue weighted by Gasteiger charge is 2.27. The molecule has 110 valence electrons. The Bertz CT molecular complexity index is 447. The van der Waals surface area contributed by atoms with Crippen molar-refractivity contribution < 1.29 is 14.7 Å².